The molecule has 3 rings (SSSR count). The molecule has 2 aromatic rings. The lowest BCUT2D eigenvalue weighted by Crippen LogP contribution is -2.26. The number of rotatable bonds is 7. The number of nitrogens with one attached hydrogen (secondary N) is 2. The maximum absolute atomic E-state index is 12.4. The van der Waals surface area contributed by atoms with E-state index in [1.165, 1.54) is 23.1 Å². The van der Waals surface area contributed by atoms with E-state index in [1.54, 1.807) is 6.07 Å². The van der Waals surface area contributed by atoms with Crippen molar-refractivity contribution in [3.8, 4) is 0 Å². The molecular formula is C18H22N4O2S2. The Morgan fingerprint density at radius 2 is 1.96 bits per heavy atom. The van der Waals surface area contributed by atoms with Crippen LogP contribution in [0.15, 0.2) is 16.6 Å². The van der Waals surface area contributed by atoms with Crippen molar-refractivity contribution in [1.82, 2.24) is 15.3 Å². The Morgan fingerprint density at radius 1 is 1.27 bits per heavy atom. The second-order valence-corrected chi connectivity index (χ2v) is 8.01. The highest BCUT2D eigenvalue weighted by Gasteiger charge is 2.25. The van der Waals surface area contributed by atoms with Crippen LogP contribution in [0.5, 0.6) is 0 Å². The second-order valence-electron chi connectivity index (χ2n) is 6.32. The molecule has 8 heteroatoms. The highest BCUT2D eigenvalue weighted by Crippen LogP contribution is 2.26. The monoisotopic (exact) mass is 390 g/mol. The second kappa shape index (κ2) is 8.18. The maximum Gasteiger partial charge on any atom is 0.254 e. The highest BCUT2D eigenvalue weighted by molar-refractivity contribution is 7.98. The SMILES string of the molecule is CSc1nc(C)c(CCC(=O)Nc2sccc2C(=O)NC2CC2)c(C)n1. The van der Waals surface area contributed by atoms with Gasteiger partial charge in [0.05, 0.1) is 5.56 Å². The van der Waals surface area contributed by atoms with Gasteiger partial charge < -0.3 is 10.6 Å². The van der Waals surface area contributed by atoms with E-state index < -0.39 is 0 Å². The lowest BCUT2D eigenvalue weighted by atomic mass is 10.1. The Labute approximate surface area is 161 Å². The summed E-state index contributed by atoms with van der Waals surface area (Å²) in [7, 11) is 0. The van der Waals surface area contributed by atoms with Crippen molar-refractivity contribution in [2.24, 2.45) is 0 Å². The van der Waals surface area contributed by atoms with Crippen molar-refractivity contribution in [3.05, 3.63) is 34.0 Å². The van der Waals surface area contributed by atoms with Gasteiger partial charge in [-0.15, -0.1) is 11.3 Å². The Kier molecular flexibility index (Phi) is 5.93. The van der Waals surface area contributed by atoms with Crippen molar-refractivity contribution in [1.29, 1.82) is 0 Å². The number of thioether (sulfide) groups is 1. The molecule has 6 nitrogen and oxygen atoms in total. The summed E-state index contributed by atoms with van der Waals surface area (Å²) in [6.07, 6.45) is 4.92. The van der Waals surface area contributed by atoms with Crippen LogP contribution in [0, 0.1) is 13.8 Å². The Balaban J connectivity index is 1.60. The Morgan fingerprint density at radius 3 is 2.58 bits per heavy atom. The van der Waals surface area contributed by atoms with Gasteiger partial charge in [-0.1, -0.05) is 11.8 Å². The van der Waals surface area contributed by atoms with Crippen molar-refractivity contribution < 1.29 is 9.59 Å². The molecule has 1 aliphatic carbocycles. The Hall–Kier alpha value is -1.93. The summed E-state index contributed by atoms with van der Waals surface area (Å²) in [5.41, 5.74) is 3.37. The molecular weight excluding hydrogens is 368 g/mol. The molecule has 0 saturated heterocycles. The van der Waals surface area contributed by atoms with Crippen molar-refractivity contribution >= 4 is 39.9 Å². The molecule has 2 aromatic heterocycles. The number of aromatic nitrogens is 2. The van der Waals surface area contributed by atoms with E-state index in [9.17, 15) is 9.59 Å². The van der Waals surface area contributed by atoms with E-state index in [0.717, 1.165) is 34.9 Å². The van der Waals surface area contributed by atoms with E-state index in [1.807, 2.05) is 25.5 Å². The van der Waals surface area contributed by atoms with Crippen LogP contribution < -0.4 is 10.6 Å². The lowest BCUT2D eigenvalue weighted by molar-refractivity contribution is -0.116. The third-order valence-corrected chi connectivity index (χ3v) is 5.64. The van der Waals surface area contributed by atoms with Crippen LogP contribution in [-0.4, -0.2) is 34.1 Å². The molecule has 0 atom stereocenters. The number of anilines is 1. The predicted octanol–water partition coefficient (Wildman–Crippen LogP) is 3.34. The average Bonchev–Trinajstić information content (AvgIpc) is 3.29. The first-order valence-corrected chi connectivity index (χ1v) is 10.6. The summed E-state index contributed by atoms with van der Waals surface area (Å²) < 4.78 is 0. The molecule has 0 spiro atoms. The number of amides is 2. The fourth-order valence-corrected chi connectivity index (χ4v) is 3.92. The summed E-state index contributed by atoms with van der Waals surface area (Å²) in [6.45, 7) is 3.89. The molecule has 138 valence electrons. The van der Waals surface area contributed by atoms with Crippen molar-refractivity contribution in [2.75, 3.05) is 11.6 Å². The average molecular weight is 391 g/mol. The standard InChI is InChI=1S/C18H22N4O2S2/c1-10-13(11(2)20-18(19-10)25-3)6-7-15(23)22-17-14(8-9-26-17)16(24)21-12-4-5-12/h8-9,12H,4-7H2,1-3H3,(H,21,24)(H,22,23). The van der Waals surface area contributed by atoms with Gasteiger partial charge in [0.15, 0.2) is 5.16 Å². The zero-order valence-electron chi connectivity index (χ0n) is 15.1. The first-order valence-electron chi connectivity index (χ1n) is 8.54. The summed E-state index contributed by atoms with van der Waals surface area (Å²) in [4.78, 5) is 33.5. The molecule has 0 radical (unpaired) electrons. The minimum Gasteiger partial charge on any atom is -0.349 e. The molecule has 2 heterocycles. The van der Waals surface area contributed by atoms with E-state index in [4.69, 9.17) is 0 Å². The van der Waals surface area contributed by atoms with Gasteiger partial charge in [0, 0.05) is 23.9 Å². The largest absolute Gasteiger partial charge is 0.349 e. The lowest BCUT2D eigenvalue weighted by Gasteiger charge is -2.10. The number of hydrogen-bond donors (Lipinski definition) is 2. The Bertz CT molecular complexity index is 807. The number of thiophene rings is 1. The fraction of sp³-hybridized carbons (Fsp3) is 0.444. The van der Waals surface area contributed by atoms with Crippen LogP contribution in [0.4, 0.5) is 5.00 Å². The van der Waals surface area contributed by atoms with Gasteiger partial charge in [0.25, 0.3) is 5.91 Å². The van der Waals surface area contributed by atoms with Gasteiger partial charge in [-0.05, 0) is 56.4 Å². The maximum atomic E-state index is 12.4. The van der Waals surface area contributed by atoms with E-state index in [-0.39, 0.29) is 11.8 Å². The minimum absolute atomic E-state index is 0.110. The minimum atomic E-state index is -0.114. The highest BCUT2D eigenvalue weighted by atomic mass is 32.2. The van der Waals surface area contributed by atoms with E-state index >= 15 is 0 Å². The van der Waals surface area contributed by atoms with Crippen molar-refractivity contribution in [3.63, 3.8) is 0 Å². The normalized spacial score (nSPS) is 13.5. The summed E-state index contributed by atoms with van der Waals surface area (Å²) in [6, 6.07) is 2.04. The molecule has 26 heavy (non-hydrogen) atoms. The topological polar surface area (TPSA) is 84.0 Å². The van der Waals surface area contributed by atoms with Crippen LogP contribution >= 0.6 is 23.1 Å². The molecule has 1 saturated carbocycles. The third kappa shape index (κ3) is 4.62. The number of aryl methyl sites for hydroxylation is 2. The van der Waals surface area contributed by atoms with Gasteiger partial charge in [0.2, 0.25) is 5.91 Å². The summed E-state index contributed by atoms with van der Waals surface area (Å²) in [5, 5.41) is 9.00. The number of nitrogens with zero attached hydrogens (tertiary/aromatic N) is 2. The summed E-state index contributed by atoms with van der Waals surface area (Å²) in [5.74, 6) is -0.225. The number of carbonyl (C=O) groups is 2. The van der Waals surface area contributed by atoms with Gasteiger partial charge in [-0.3, -0.25) is 9.59 Å². The molecule has 1 fully saturated rings. The van der Waals surface area contributed by atoms with Crippen LogP contribution in [0.3, 0.4) is 0 Å². The third-order valence-electron chi connectivity index (χ3n) is 4.26. The molecule has 0 aromatic carbocycles. The molecule has 0 aliphatic heterocycles. The van der Waals surface area contributed by atoms with Gasteiger partial charge in [-0.2, -0.15) is 0 Å². The molecule has 2 amide bonds. The molecule has 0 unspecified atom stereocenters. The number of carbonyl (C=O) groups excluding carboxylic acids is 2. The molecule has 1 aliphatic rings. The molecule has 2 N–H and O–H groups in total. The smallest absolute Gasteiger partial charge is 0.254 e. The predicted molar refractivity (Wildman–Crippen MR) is 105 cm³/mol. The first kappa shape index (κ1) is 18.8. The van der Waals surface area contributed by atoms with Gasteiger partial charge >= 0.3 is 0 Å². The molecule has 0 bridgehead atoms. The van der Waals surface area contributed by atoms with Crippen LogP contribution in [0.1, 0.15) is 46.6 Å². The fourth-order valence-electron chi connectivity index (χ4n) is 2.67. The number of hydrogen-bond acceptors (Lipinski definition) is 6. The van der Waals surface area contributed by atoms with Crippen LogP contribution in [-0.2, 0) is 11.2 Å². The van der Waals surface area contributed by atoms with Crippen LogP contribution in [0.2, 0.25) is 0 Å². The van der Waals surface area contributed by atoms with Gasteiger partial charge in [-0.25, -0.2) is 9.97 Å². The van der Waals surface area contributed by atoms with Gasteiger partial charge in [0.1, 0.15) is 5.00 Å². The van der Waals surface area contributed by atoms with E-state index in [2.05, 4.69) is 20.6 Å². The quantitative estimate of drug-likeness (QED) is 0.559. The zero-order chi connectivity index (χ0) is 18.7. The van der Waals surface area contributed by atoms with Crippen molar-refractivity contribution in [2.45, 2.75) is 50.7 Å². The summed E-state index contributed by atoms with van der Waals surface area (Å²) >= 11 is 2.87. The van der Waals surface area contributed by atoms with E-state index in [0.29, 0.717) is 29.4 Å². The van der Waals surface area contributed by atoms with Crippen LogP contribution in [0.25, 0.3) is 0 Å². The zero-order valence-corrected chi connectivity index (χ0v) is 16.7. The first-order chi connectivity index (χ1) is 12.5.